The molecule has 1 saturated carbocycles. The van der Waals surface area contributed by atoms with Crippen molar-refractivity contribution in [1.82, 2.24) is 4.72 Å². The van der Waals surface area contributed by atoms with Crippen LogP contribution in [0.3, 0.4) is 0 Å². The third kappa shape index (κ3) is 5.99. The molecular formula is C23H36FN3O4S. The lowest BCUT2D eigenvalue weighted by Gasteiger charge is -2.37. The fraction of sp³-hybridized carbons (Fsp3) is 0.696. The number of sulfonamides is 1. The van der Waals surface area contributed by atoms with Crippen molar-refractivity contribution < 1.29 is 22.3 Å². The molecular weight excluding hydrogens is 433 g/mol. The number of nitrogens with one attached hydrogen (secondary N) is 2. The summed E-state index contributed by atoms with van der Waals surface area (Å²) in [7, 11) is -3.36. The lowest BCUT2D eigenvalue weighted by atomic mass is 9.79. The third-order valence-electron chi connectivity index (χ3n) is 6.47. The zero-order valence-corrected chi connectivity index (χ0v) is 20.4. The molecule has 180 valence electrons. The Kier molecular flexibility index (Phi) is 7.83. The van der Waals surface area contributed by atoms with E-state index in [1.165, 1.54) is 6.07 Å². The topological polar surface area (TPSA) is 87.7 Å². The van der Waals surface area contributed by atoms with E-state index in [-0.39, 0.29) is 41.7 Å². The first-order valence-electron chi connectivity index (χ1n) is 11.5. The van der Waals surface area contributed by atoms with Crippen molar-refractivity contribution in [3.8, 4) is 0 Å². The van der Waals surface area contributed by atoms with Gasteiger partial charge in [0.1, 0.15) is 5.82 Å². The van der Waals surface area contributed by atoms with Gasteiger partial charge in [0, 0.05) is 30.7 Å². The molecule has 2 aliphatic rings. The van der Waals surface area contributed by atoms with E-state index in [4.69, 9.17) is 4.74 Å². The number of anilines is 2. The summed E-state index contributed by atoms with van der Waals surface area (Å²) in [6.45, 7) is 10.6. The number of hydrogen-bond acceptors (Lipinski definition) is 5. The average molecular weight is 470 g/mol. The lowest BCUT2D eigenvalue weighted by Crippen LogP contribution is -2.46. The maximum Gasteiger partial charge on any atom is 0.227 e. The summed E-state index contributed by atoms with van der Waals surface area (Å²) < 4.78 is 47.6. The van der Waals surface area contributed by atoms with Gasteiger partial charge in [0.05, 0.1) is 23.1 Å². The Hall–Kier alpha value is -1.71. The number of carbonyl (C=O) groups excluding carboxylic acids is 1. The van der Waals surface area contributed by atoms with Crippen LogP contribution in [0.5, 0.6) is 0 Å². The largest absolute Gasteiger partial charge is 0.372 e. The highest BCUT2D eigenvalue weighted by Crippen LogP contribution is 2.32. The number of carbonyl (C=O) groups is 1. The Bertz CT molecular complexity index is 914. The SMILES string of the molecule is CC1C[C@H](C(=O)Nc2ccc(N3C[C@@H](C)O[C@@H](C)C3)cc2F)CCC1NS(=O)(=O)C(C)C. The number of ether oxygens (including phenoxy) is 1. The minimum atomic E-state index is -3.36. The molecule has 5 atom stereocenters. The van der Waals surface area contributed by atoms with Crippen molar-refractivity contribution >= 4 is 27.3 Å². The molecule has 32 heavy (non-hydrogen) atoms. The second-order valence-electron chi connectivity index (χ2n) is 9.62. The van der Waals surface area contributed by atoms with Crippen LogP contribution in [0.1, 0.15) is 53.9 Å². The molecule has 3 rings (SSSR count). The molecule has 1 amide bonds. The highest BCUT2D eigenvalue weighted by molar-refractivity contribution is 7.90. The number of halogens is 1. The highest BCUT2D eigenvalue weighted by atomic mass is 32.2. The molecule has 0 radical (unpaired) electrons. The van der Waals surface area contributed by atoms with Crippen molar-refractivity contribution in [2.24, 2.45) is 11.8 Å². The third-order valence-corrected chi connectivity index (χ3v) is 8.34. The summed E-state index contributed by atoms with van der Waals surface area (Å²) in [5, 5.41) is 2.24. The van der Waals surface area contributed by atoms with E-state index in [9.17, 15) is 17.6 Å². The van der Waals surface area contributed by atoms with Crippen LogP contribution in [0.4, 0.5) is 15.8 Å². The van der Waals surface area contributed by atoms with Crippen LogP contribution in [0.25, 0.3) is 0 Å². The fourth-order valence-corrected chi connectivity index (χ4v) is 5.63. The molecule has 2 unspecified atom stereocenters. The Labute approximate surface area is 191 Å². The van der Waals surface area contributed by atoms with E-state index in [1.807, 2.05) is 26.8 Å². The van der Waals surface area contributed by atoms with Crippen LogP contribution in [0.15, 0.2) is 18.2 Å². The lowest BCUT2D eigenvalue weighted by molar-refractivity contribution is -0.121. The molecule has 1 heterocycles. The summed E-state index contributed by atoms with van der Waals surface area (Å²) in [5.41, 5.74) is 0.942. The van der Waals surface area contributed by atoms with E-state index in [2.05, 4.69) is 14.9 Å². The summed E-state index contributed by atoms with van der Waals surface area (Å²) in [5.74, 6) is -0.938. The molecule has 1 aliphatic heterocycles. The molecule has 9 heteroatoms. The van der Waals surface area contributed by atoms with Gasteiger partial charge in [-0.1, -0.05) is 6.92 Å². The van der Waals surface area contributed by atoms with E-state index in [1.54, 1.807) is 19.9 Å². The Morgan fingerprint density at radius 2 is 1.81 bits per heavy atom. The van der Waals surface area contributed by atoms with Crippen LogP contribution in [0.2, 0.25) is 0 Å². The molecule has 1 aromatic rings. The van der Waals surface area contributed by atoms with Gasteiger partial charge in [-0.2, -0.15) is 0 Å². The minimum Gasteiger partial charge on any atom is -0.372 e. The Morgan fingerprint density at radius 1 is 1.16 bits per heavy atom. The zero-order chi connectivity index (χ0) is 23.6. The van der Waals surface area contributed by atoms with Gasteiger partial charge in [0.15, 0.2) is 0 Å². The first-order chi connectivity index (χ1) is 15.0. The quantitative estimate of drug-likeness (QED) is 0.666. The summed E-state index contributed by atoms with van der Waals surface area (Å²) in [4.78, 5) is 14.9. The van der Waals surface area contributed by atoms with Crippen LogP contribution >= 0.6 is 0 Å². The molecule has 1 saturated heterocycles. The van der Waals surface area contributed by atoms with E-state index < -0.39 is 21.1 Å². The number of amides is 1. The van der Waals surface area contributed by atoms with E-state index >= 15 is 0 Å². The van der Waals surface area contributed by atoms with Gasteiger partial charge in [-0.05, 0) is 71.1 Å². The zero-order valence-electron chi connectivity index (χ0n) is 19.6. The Balaban J connectivity index is 1.59. The second kappa shape index (κ2) is 10.1. The molecule has 1 aromatic carbocycles. The molecule has 2 N–H and O–H groups in total. The van der Waals surface area contributed by atoms with E-state index in [0.717, 1.165) is 5.69 Å². The fourth-order valence-electron chi connectivity index (χ4n) is 4.58. The van der Waals surface area contributed by atoms with Crippen LogP contribution in [-0.2, 0) is 19.6 Å². The molecule has 2 fully saturated rings. The number of nitrogens with zero attached hydrogens (tertiary/aromatic N) is 1. The number of rotatable bonds is 6. The van der Waals surface area contributed by atoms with E-state index in [0.29, 0.717) is 32.4 Å². The molecule has 7 nitrogen and oxygen atoms in total. The van der Waals surface area contributed by atoms with Crippen molar-refractivity contribution in [3.05, 3.63) is 24.0 Å². The normalized spacial score (nSPS) is 29.2. The van der Waals surface area contributed by atoms with Gasteiger partial charge in [0.25, 0.3) is 0 Å². The Morgan fingerprint density at radius 3 is 2.38 bits per heavy atom. The predicted molar refractivity (Wildman–Crippen MR) is 125 cm³/mol. The van der Waals surface area contributed by atoms with Crippen molar-refractivity contribution in [3.63, 3.8) is 0 Å². The average Bonchev–Trinajstić information content (AvgIpc) is 2.70. The summed E-state index contributed by atoms with van der Waals surface area (Å²) >= 11 is 0. The van der Waals surface area contributed by atoms with Crippen molar-refractivity contribution in [2.75, 3.05) is 23.3 Å². The van der Waals surface area contributed by atoms with Crippen LogP contribution in [-0.4, -0.2) is 50.9 Å². The van der Waals surface area contributed by atoms with Gasteiger partial charge in [-0.15, -0.1) is 0 Å². The predicted octanol–water partition coefficient (Wildman–Crippen LogP) is 3.51. The van der Waals surface area contributed by atoms with Crippen LogP contribution < -0.4 is 14.9 Å². The number of hydrogen-bond donors (Lipinski definition) is 2. The molecule has 0 spiro atoms. The van der Waals surface area contributed by atoms with Crippen LogP contribution in [0, 0.1) is 17.7 Å². The summed E-state index contributed by atoms with van der Waals surface area (Å²) in [6, 6.07) is 4.71. The van der Waals surface area contributed by atoms with Gasteiger partial charge < -0.3 is 15.0 Å². The van der Waals surface area contributed by atoms with Gasteiger partial charge >= 0.3 is 0 Å². The number of morpholine rings is 1. The maximum atomic E-state index is 14.8. The number of benzene rings is 1. The molecule has 1 aliphatic carbocycles. The van der Waals surface area contributed by atoms with Gasteiger partial charge in [-0.25, -0.2) is 17.5 Å². The monoisotopic (exact) mass is 469 g/mol. The van der Waals surface area contributed by atoms with Crippen molar-refractivity contribution in [1.29, 1.82) is 0 Å². The molecule has 0 bridgehead atoms. The first-order valence-corrected chi connectivity index (χ1v) is 13.0. The standard InChI is InChI=1S/C23H36FN3O4S/c1-14(2)32(29,30)26-21-8-6-18(10-15(21)3)23(28)25-22-9-7-19(11-20(22)24)27-12-16(4)31-17(5)13-27/h7,9,11,14-18,21,26H,6,8,10,12-13H2,1-5H3,(H,25,28)/t15?,16-,17+,18-,21?/m1/s1. The maximum absolute atomic E-state index is 14.8. The van der Waals surface area contributed by atoms with Crippen molar-refractivity contribution in [2.45, 2.75) is 77.4 Å². The second-order valence-corrected chi connectivity index (χ2v) is 11.9. The highest BCUT2D eigenvalue weighted by Gasteiger charge is 2.34. The smallest absolute Gasteiger partial charge is 0.227 e. The van der Waals surface area contributed by atoms with Gasteiger partial charge in [-0.3, -0.25) is 4.79 Å². The summed E-state index contributed by atoms with van der Waals surface area (Å²) in [6.07, 6.45) is 1.84. The molecule has 0 aromatic heterocycles. The first kappa shape index (κ1) is 24.9. The minimum absolute atomic E-state index is 0.0190. The van der Waals surface area contributed by atoms with Gasteiger partial charge in [0.2, 0.25) is 15.9 Å².